The molecule has 5 N–H and O–H groups in total. The minimum absolute atomic E-state index is 0.129. The molecule has 0 saturated heterocycles. The molecule has 0 aliphatic rings. The monoisotopic (exact) mass is 273 g/mol. The number of nitrogens with zero attached hydrogens (tertiary/aromatic N) is 4. The van der Waals surface area contributed by atoms with Crippen molar-refractivity contribution in [2.45, 2.75) is 6.92 Å². The first kappa shape index (κ1) is 13.5. The van der Waals surface area contributed by atoms with E-state index >= 15 is 0 Å². The Hall–Kier alpha value is -2.90. The normalized spacial score (nSPS) is 10.9. The first-order valence-electron chi connectivity index (χ1n) is 5.84. The van der Waals surface area contributed by atoms with Gasteiger partial charge in [-0.1, -0.05) is 0 Å². The van der Waals surface area contributed by atoms with Crippen molar-refractivity contribution in [3.05, 3.63) is 24.3 Å². The Balaban J connectivity index is 2.17. The lowest BCUT2D eigenvalue weighted by molar-refractivity contribution is -0.114. The summed E-state index contributed by atoms with van der Waals surface area (Å²) in [7, 11) is 1.67. The van der Waals surface area contributed by atoms with Gasteiger partial charge in [0.1, 0.15) is 0 Å². The summed E-state index contributed by atoms with van der Waals surface area (Å²) in [6.07, 6.45) is 0. The summed E-state index contributed by atoms with van der Waals surface area (Å²) in [6.45, 7) is 1.45. The van der Waals surface area contributed by atoms with Crippen LogP contribution in [0.5, 0.6) is 0 Å². The minimum atomic E-state index is -0.129. The fourth-order valence-electron chi connectivity index (χ4n) is 1.57. The maximum atomic E-state index is 10.9. The van der Waals surface area contributed by atoms with E-state index in [1.807, 2.05) is 0 Å². The summed E-state index contributed by atoms with van der Waals surface area (Å²) in [5, 5.41) is 14.6. The molecule has 8 nitrogen and oxygen atoms in total. The Bertz CT molecular complexity index is 657. The summed E-state index contributed by atoms with van der Waals surface area (Å²) < 4.78 is 1.43. The van der Waals surface area contributed by atoms with E-state index in [1.165, 1.54) is 11.6 Å². The molecule has 0 bridgehead atoms. The van der Waals surface area contributed by atoms with E-state index in [9.17, 15) is 4.79 Å². The maximum absolute atomic E-state index is 10.9. The van der Waals surface area contributed by atoms with Gasteiger partial charge >= 0.3 is 0 Å². The number of rotatable bonds is 3. The van der Waals surface area contributed by atoms with Crippen molar-refractivity contribution in [3.8, 4) is 0 Å². The second-order valence-corrected chi connectivity index (χ2v) is 4.17. The third-order valence-electron chi connectivity index (χ3n) is 2.54. The number of carbonyl (C=O) groups is 1. The smallest absolute Gasteiger partial charge is 0.221 e. The van der Waals surface area contributed by atoms with Gasteiger partial charge in [-0.05, 0) is 24.3 Å². The molecule has 0 aliphatic heterocycles. The summed E-state index contributed by atoms with van der Waals surface area (Å²) in [5.74, 6) is 0.444. The topological polar surface area (TPSA) is 124 Å². The van der Waals surface area contributed by atoms with Crippen molar-refractivity contribution in [3.63, 3.8) is 0 Å². The Kier molecular flexibility index (Phi) is 3.65. The maximum Gasteiger partial charge on any atom is 0.221 e. The van der Waals surface area contributed by atoms with E-state index in [0.717, 1.165) is 0 Å². The number of carbonyl (C=O) groups excluding carboxylic acids is 1. The van der Waals surface area contributed by atoms with Gasteiger partial charge < -0.3 is 16.8 Å². The average Bonchev–Trinajstić information content (AvgIpc) is 2.62. The molecule has 0 spiro atoms. The van der Waals surface area contributed by atoms with E-state index in [2.05, 4.69) is 20.6 Å². The third kappa shape index (κ3) is 2.91. The highest BCUT2D eigenvalue weighted by Gasteiger charge is 2.09. The summed E-state index contributed by atoms with van der Waals surface area (Å²) >= 11 is 0. The standard InChI is InChI=1S/C12H15N7O/c1-7(20)15-8-3-5-9(6-4-8)16-17-10-11(13)18-19(2)12(10)14/h3-6H,14H2,1-2H3,(H2,13,18)(H,15,20). The highest BCUT2D eigenvalue weighted by atomic mass is 16.1. The molecule has 104 valence electrons. The molecule has 0 aliphatic carbocycles. The van der Waals surface area contributed by atoms with E-state index in [1.54, 1.807) is 31.3 Å². The highest BCUT2D eigenvalue weighted by Crippen LogP contribution is 2.30. The Labute approximate surface area is 115 Å². The van der Waals surface area contributed by atoms with Gasteiger partial charge in [0.05, 0.1) is 5.69 Å². The number of aromatic nitrogens is 2. The van der Waals surface area contributed by atoms with E-state index < -0.39 is 0 Å². The SMILES string of the molecule is CC(=O)Nc1ccc(N=Nc2c(N)nn(C)c2N)cc1. The van der Waals surface area contributed by atoms with Gasteiger partial charge in [0.15, 0.2) is 17.3 Å². The fourth-order valence-corrected chi connectivity index (χ4v) is 1.57. The van der Waals surface area contributed by atoms with Crippen molar-refractivity contribution < 1.29 is 4.79 Å². The number of amides is 1. The van der Waals surface area contributed by atoms with Crippen LogP contribution in [-0.2, 0) is 11.8 Å². The zero-order chi connectivity index (χ0) is 14.7. The molecule has 1 aromatic heterocycles. The molecule has 1 heterocycles. The summed E-state index contributed by atoms with van der Waals surface area (Å²) in [6, 6.07) is 6.90. The van der Waals surface area contributed by atoms with E-state index in [0.29, 0.717) is 22.9 Å². The van der Waals surface area contributed by atoms with Gasteiger partial charge in [-0.3, -0.25) is 4.79 Å². The molecular formula is C12H15N7O. The number of hydrogen-bond acceptors (Lipinski definition) is 6. The van der Waals surface area contributed by atoms with Crippen molar-refractivity contribution >= 4 is 34.6 Å². The predicted molar refractivity (Wildman–Crippen MR) is 77.0 cm³/mol. The molecule has 0 fully saturated rings. The van der Waals surface area contributed by atoms with Crippen molar-refractivity contribution in [2.24, 2.45) is 17.3 Å². The number of anilines is 3. The Morgan fingerprint density at radius 3 is 2.40 bits per heavy atom. The van der Waals surface area contributed by atoms with Gasteiger partial charge in [0.2, 0.25) is 5.91 Å². The van der Waals surface area contributed by atoms with Crippen LogP contribution in [0, 0.1) is 0 Å². The van der Waals surface area contributed by atoms with Crippen molar-refractivity contribution in [1.82, 2.24) is 9.78 Å². The molecule has 0 radical (unpaired) electrons. The minimum Gasteiger partial charge on any atom is -0.382 e. The zero-order valence-corrected chi connectivity index (χ0v) is 11.2. The Morgan fingerprint density at radius 2 is 1.90 bits per heavy atom. The molecular weight excluding hydrogens is 258 g/mol. The van der Waals surface area contributed by atoms with Gasteiger partial charge in [-0.2, -0.15) is 10.2 Å². The van der Waals surface area contributed by atoms with Gasteiger partial charge in [-0.15, -0.1) is 5.11 Å². The molecule has 1 amide bonds. The lowest BCUT2D eigenvalue weighted by Crippen LogP contribution is -2.04. The second-order valence-electron chi connectivity index (χ2n) is 4.17. The summed E-state index contributed by atoms with van der Waals surface area (Å²) in [4.78, 5) is 10.9. The highest BCUT2D eigenvalue weighted by molar-refractivity contribution is 5.88. The summed E-state index contributed by atoms with van der Waals surface area (Å²) in [5.41, 5.74) is 13.1. The number of nitrogens with two attached hydrogens (primary N) is 2. The van der Waals surface area contributed by atoms with Crippen LogP contribution in [-0.4, -0.2) is 15.7 Å². The molecule has 2 aromatic rings. The first-order valence-corrected chi connectivity index (χ1v) is 5.84. The largest absolute Gasteiger partial charge is 0.382 e. The van der Waals surface area contributed by atoms with Crippen LogP contribution in [0.15, 0.2) is 34.5 Å². The van der Waals surface area contributed by atoms with Crippen LogP contribution in [0.25, 0.3) is 0 Å². The fraction of sp³-hybridized carbons (Fsp3) is 0.167. The van der Waals surface area contributed by atoms with Crippen LogP contribution in [0.4, 0.5) is 28.7 Å². The lowest BCUT2D eigenvalue weighted by atomic mass is 10.3. The van der Waals surface area contributed by atoms with Gasteiger partial charge in [-0.25, -0.2) is 4.68 Å². The van der Waals surface area contributed by atoms with Crippen LogP contribution < -0.4 is 16.8 Å². The molecule has 2 rings (SSSR count). The van der Waals surface area contributed by atoms with Crippen LogP contribution in [0.2, 0.25) is 0 Å². The number of aryl methyl sites for hydroxylation is 1. The van der Waals surface area contributed by atoms with Crippen LogP contribution >= 0.6 is 0 Å². The zero-order valence-electron chi connectivity index (χ0n) is 11.2. The predicted octanol–water partition coefficient (Wildman–Crippen LogP) is 1.96. The van der Waals surface area contributed by atoms with E-state index in [-0.39, 0.29) is 11.7 Å². The average molecular weight is 273 g/mol. The third-order valence-corrected chi connectivity index (χ3v) is 2.54. The number of hydrogen-bond donors (Lipinski definition) is 3. The van der Waals surface area contributed by atoms with Crippen molar-refractivity contribution in [2.75, 3.05) is 16.8 Å². The lowest BCUT2D eigenvalue weighted by Gasteiger charge is -2.01. The van der Waals surface area contributed by atoms with Crippen LogP contribution in [0.3, 0.4) is 0 Å². The molecule has 0 saturated carbocycles. The Morgan fingerprint density at radius 1 is 1.25 bits per heavy atom. The quantitative estimate of drug-likeness (QED) is 0.739. The van der Waals surface area contributed by atoms with Gasteiger partial charge in [0, 0.05) is 19.7 Å². The molecule has 0 unspecified atom stereocenters. The van der Waals surface area contributed by atoms with Crippen molar-refractivity contribution in [1.29, 1.82) is 0 Å². The van der Waals surface area contributed by atoms with Crippen LogP contribution in [0.1, 0.15) is 6.92 Å². The van der Waals surface area contributed by atoms with E-state index in [4.69, 9.17) is 11.5 Å². The van der Waals surface area contributed by atoms with Gasteiger partial charge in [0.25, 0.3) is 0 Å². The second kappa shape index (κ2) is 5.39. The number of nitrogens with one attached hydrogen (secondary N) is 1. The molecule has 8 heteroatoms. The molecule has 1 aromatic carbocycles. The number of nitrogen functional groups attached to an aromatic ring is 2. The number of benzene rings is 1. The molecule has 0 atom stereocenters. The number of azo groups is 1. The first-order chi connectivity index (χ1) is 9.47. The molecule has 20 heavy (non-hydrogen) atoms.